The van der Waals surface area contributed by atoms with Crippen molar-refractivity contribution in [1.82, 2.24) is 4.90 Å². The maximum absolute atomic E-state index is 6.14. The second-order valence-electron chi connectivity index (χ2n) is 7.35. The van der Waals surface area contributed by atoms with Crippen LogP contribution in [0.25, 0.3) is 16.5 Å². The van der Waals surface area contributed by atoms with Crippen LogP contribution in [-0.4, -0.2) is 17.0 Å². The van der Waals surface area contributed by atoms with Crippen molar-refractivity contribution in [2.75, 3.05) is 0 Å². The lowest BCUT2D eigenvalue weighted by Gasteiger charge is -2.45. The van der Waals surface area contributed by atoms with Gasteiger partial charge in [0.1, 0.15) is 11.3 Å². The van der Waals surface area contributed by atoms with Gasteiger partial charge in [-0.15, -0.1) is 0 Å². The molecular formula is C23H23NO. The summed E-state index contributed by atoms with van der Waals surface area (Å²) >= 11 is 0. The predicted octanol–water partition coefficient (Wildman–Crippen LogP) is 5.64. The first-order chi connectivity index (χ1) is 12.4. The van der Waals surface area contributed by atoms with Crippen LogP contribution >= 0.6 is 0 Å². The lowest BCUT2D eigenvalue weighted by Crippen LogP contribution is -2.47. The molecule has 1 aromatic heterocycles. The molecule has 2 aliphatic heterocycles. The SMILES string of the molecule is C1=C(c2cc3ccccc3o2)CC2CCCC1N2Cc1ccccc1. The molecule has 0 radical (unpaired) electrons. The summed E-state index contributed by atoms with van der Waals surface area (Å²) < 4.78 is 6.14. The average molecular weight is 329 g/mol. The van der Waals surface area contributed by atoms with Gasteiger partial charge in [-0.2, -0.15) is 0 Å². The molecule has 1 fully saturated rings. The molecule has 126 valence electrons. The van der Waals surface area contributed by atoms with Gasteiger partial charge in [-0.3, -0.25) is 4.90 Å². The van der Waals surface area contributed by atoms with E-state index in [9.17, 15) is 0 Å². The smallest absolute Gasteiger partial charge is 0.134 e. The van der Waals surface area contributed by atoms with Crippen LogP contribution < -0.4 is 0 Å². The van der Waals surface area contributed by atoms with Crippen molar-refractivity contribution < 1.29 is 4.42 Å². The molecule has 0 N–H and O–H groups in total. The Hall–Kier alpha value is -2.32. The number of benzene rings is 2. The van der Waals surface area contributed by atoms with Crippen molar-refractivity contribution in [1.29, 1.82) is 0 Å². The molecule has 0 spiro atoms. The van der Waals surface area contributed by atoms with Gasteiger partial charge in [0.25, 0.3) is 0 Å². The van der Waals surface area contributed by atoms with Gasteiger partial charge in [0.2, 0.25) is 0 Å². The summed E-state index contributed by atoms with van der Waals surface area (Å²) in [6.45, 7) is 1.06. The third-order valence-corrected chi connectivity index (χ3v) is 5.73. The molecule has 2 heteroatoms. The van der Waals surface area contributed by atoms with Crippen molar-refractivity contribution in [3.8, 4) is 0 Å². The van der Waals surface area contributed by atoms with E-state index in [0.717, 1.165) is 24.3 Å². The molecule has 2 aliphatic rings. The predicted molar refractivity (Wildman–Crippen MR) is 102 cm³/mol. The fourth-order valence-corrected chi connectivity index (χ4v) is 4.48. The van der Waals surface area contributed by atoms with Crippen LogP contribution in [-0.2, 0) is 6.54 Å². The summed E-state index contributed by atoms with van der Waals surface area (Å²) in [6.07, 6.45) is 7.46. The minimum Gasteiger partial charge on any atom is -0.456 e. The highest BCUT2D eigenvalue weighted by Crippen LogP contribution is 2.39. The number of piperidine rings is 1. The van der Waals surface area contributed by atoms with E-state index >= 15 is 0 Å². The molecule has 25 heavy (non-hydrogen) atoms. The quantitative estimate of drug-likeness (QED) is 0.618. The van der Waals surface area contributed by atoms with Crippen molar-refractivity contribution in [2.24, 2.45) is 0 Å². The van der Waals surface area contributed by atoms with Crippen LogP contribution in [0.15, 0.2) is 71.2 Å². The molecule has 2 bridgehead atoms. The molecule has 2 nitrogen and oxygen atoms in total. The molecule has 2 atom stereocenters. The Morgan fingerprint density at radius 1 is 0.960 bits per heavy atom. The first kappa shape index (κ1) is 15.0. The van der Waals surface area contributed by atoms with Crippen molar-refractivity contribution in [3.63, 3.8) is 0 Å². The standard InChI is InChI=1S/C23H23NO/c1-2-7-17(8-3-1)16-24-20-10-6-11-21(24)14-19(13-20)23-15-18-9-4-5-12-22(18)25-23/h1-5,7-9,12-13,15,20-21H,6,10-11,14,16H2. The lowest BCUT2D eigenvalue weighted by molar-refractivity contribution is 0.0947. The second kappa shape index (κ2) is 6.20. The Morgan fingerprint density at radius 2 is 1.80 bits per heavy atom. The third kappa shape index (κ3) is 2.81. The third-order valence-electron chi connectivity index (χ3n) is 5.73. The van der Waals surface area contributed by atoms with Crippen molar-refractivity contribution in [3.05, 3.63) is 78.1 Å². The Kier molecular flexibility index (Phi) is 3.71. The van der Waals surface area contributed by atoms with E-state index in [-0.39, 0.29) is 0 Å². The lowest BCUT2D eigenvalue weighted by atomic mass is 9.84. The van der Waals surface area contributed by atoms with Crippen LogP contribution in [0.1, 0.15) is 37.0 Å². The monoisotopic (exact) mass is 329 g/mol. The molecule has 2 unspecified atom stereocenters. The first-order valence-corrected chi connectivity index (χ1v) is 9.36. The van der Waals surface area contributed by atoms with Crippen LogP contribution in [0.3, 0.4) is 0 Å². The zero-order valence-electron chi connectivity index (χ0n) is 14.4. The Morgan fingerprint density at radius 3 is 2.64 bits per heavy atom. The number of hydrogen-bond acceptors (Lipinski definition) is 2. The number of furan rings is 1. The number of fused-ring (bicyclic) bond motifs is 3. The van der Waals surface area contributed by atoms with Gasteiger partial charge in [-0.05, 0) is 42.5 Å². The fourth-order valence-electron chi connectivity index (χ4n) is 4.48. The van der Waals surface area contributed by atoms with Gasteiger partial charge in [0.15, 0.2) is 0 Å². The molecule has 3 heterocycles. The maximum Gasteiger partial charge on any atom is 0.134 e. The average Bonchev–Trinajstić information content (AvgIpc) is 3.06. The van der Waals surface area contributed by atoms with Gasteiger partial charge in [-0.25, -0.2) is 0 Å². The van der Waals surface area contributed by atoms with Gasteiger partial charge in [-0.1, -0.05) is 61.0 Å². The molecule has 5 rings (SSSR count). The van der Waals surface area contributed by atoms with E-state index in [2.05, 4.69) is 65.6 Å². The van der Waals surface area contributed by atoms with Crippen LogP contribution in [0.2, 0.25) is 0 Å². The zero-order valence-corrected chi connectivity index (χ0v) is 14.4. The van der Waals surface area contributed by atoms with E-state index in [1.165, 1.54) is 35.8 Å². The van der Waals surface area contributed by atoms with Crippen LogP contribution in [0, 0.1) is 0 Å². The van der Waals surface area contributed by atoms with Crippen molar-refractivity contribution >= 4 is 16.5 Å². The van der Waals surface area contributed by atoms with E-state index in [1.807, 2.05) is 6.07 Å². The number of hydrogen-bond donors (Lipinski definition) is 0. The molecule has 0 amide bonds. The number of para-hydroxylation sites is 1. The van der Waals surface area contributed by atoms with Crippen molar-refractivity contribution in [2.45, 2.75) is 44.3 Å². The van der Waals surface area contributed by atoms with Gasteiger partial charge < -0.3 is 4.42 Å². The van der Waals surface area contributed by atoms with Crippen LogP contribution in [0.4, 0.5) is 0 Å². The summed E-state index contributed by atoms with van der Waals surface area (Å²) in [5.74, 6) is 1.07. The van der Waals surface area contributed by atoms with Gasteiger partial charge >= 0.3 is 0 Å². The minimum absolute atomic E-state index is 0.538. The van der Waals surface area contributed by atoms with E-state index in [4.69, 9.17) is 4.42 Å². The second-order valence-corrected chi connectivity index (χ2v) is 7.35. The Balaban J connectivity index is 1.46. The van der Waals surface area contributed by atoms with E-state index < -0.39 is 0 Å². The van der Waals surface area contributed by atoms with E-state index in [1.54, 1.807) is 0 Å². The summed E-state index contributed by atoms with van der Waals surface area (Å²) in [4.78, 5) is 2.70. The topological polar surface area (TPSA) is 16.4 Å². The highest BCUT2D eigenvalue weighted by molar-refractivity contribution is 5.82. The highest BCUT2D eigenvalue weighted by Gasteiger charge is 2.34. The summed E-state index contributed by atoms with van der Waals surface area (Å²) in [5.41, 5.74) is 3.81. The first-order valence-electron chi connectivity index (χ1n) is 9.36. The number of nitrogens with zero attached hydrogens (tertiary/aromatic N) is 1. The van der Waals surface area contributed by atoms with E-state index in [0.29, 0.717) is 12.1 Å². The Labute approximate surface area is 148 Å². The molecule has 0 saturated carbocycles. The summed E-state index contributed by atoms with van der Waals surface area (Å²) in [5, 5.41) is 1.20. The zero-order chi connectivity index (χ0) is 16.6. The fraction of sp³-hybridized carbons (Fsp3) is 0.304. The largest absolute Gasteiger partial charge is 0.456 e. The Bertz CT molecular complexity index is 875. The highest BCUT2D eigenvalue weighted by atomic mass is 16.3. The molecule has 0 aliphatic carbocycles. The molecular weight excluding hydrogens is 306 g/mol. The summed E-state index contributed by atoms with van der Waals surface area (Å²) in [7, 11) is 0. The van der Waals surface area contributed by atoms with Gasteiger partial charge in [0, 0.05) is 24.0 Å². The molecule has 3 aromatic rings. The van der Waals surface area contributed by atoms with Gasteiger partial charge in [0.05, 0.1) is 0 Å². The minimum atomic E-state index is 0.538. The summed E-state index contributed by atoms with van der Waals surface area (Å²) in [6, 6.07) is 22.6. The normalized spacial score (nSPS) is 23.6. The maximum atomic E-state index is 6.14. The molecule has 1 saturated heterocycles. The number of rotatable bonds is 3. The molecule has 2 aromatic carbocycles. The van der Waals surface area contributed by atoms with Crippen LogP contribution in [0.5, 0.6) is 0 Å².